The van der Waals surface area contributed by atoms with E-state index in [1.165, 1.54) is 12.5 Å². The van der Waals surface area contributed by atoms with Gasteiger partial charge in [-0.1, -0.05) is 13.5 Å². The summed E-state index contributed by atoms with van der Waals surface area (Å²) in [5, 5.41) is 0. The van der Waals surface area contributed by atoms with Crippen molar-refractivity contribution in [1.29, 1.82) is 0 Å². The lowest BCUT2D eigenvalue weighted by atomic mass is 10.2. The van der Waals surface area contributed by atoms with Crippen LogP contribution in [0, 0.1) is 0 Å². The van der Waals surface area contributed by atoms with Crippen molar-refractivity contribution in [2.24, 2.45) is 10.7 Å². The van der Waals surface area contributed by atoms with Crippen molar-refractivity contribution in [1.82, 2.24) is 0 Å². The molecule has 0 saturated heterocycles. The van der Waals surface area contributed by atoms with Gasteiger partial charge in [-0.25, -0.2) is 4.99 Å². The number of hydrogen-bond donors (Lipinski definition) is 1. The average molecular weight is 136 g/mol. The molecule has 0 amide bonds. The Labute approximate surface area is 61.5 Å². The Morgan fingerprint density at radius 2 is 2.50 bits per heavy atom. The predicted molar refractivity (Wildman–Crippen MR) is 44.8 cm³/mol. The minimum atomic E-state index is 0.938. The molecule has 10 heavy (non-hydrogen) atoms. The van der Waals surface area contributed by atoms with E-state index in [2.05, 4.69) is 17.3 Å². The third-order valence-electron chi connectivity index (χ3n) is 0.977. The monoisotopic (exact) mass is 136 g/mol. The van der Waals surface area contributed by atoms with Gasteiger partial charge in [0, 0.05) is 0 Å². The molecule has 0 unspecified atom stereocenters. The maximum Gasteiger partial charge on any atom is 0.0860 e. The SMILES string of the molecule is C=C(C=C=CN=CN)CC. The molecule has 2 nitrogen and oxygen atoms in total. The molecular formula is C8H12N2. The van der Waals surface area contributed by atoms with Crippen molar-refractivity contribution in [3.05, 3.63) is 30.2 Å². The predicted octanol–water partition coefficient (Wildman–Crippen LogP) is 1.61. The molecule has 0 rings (SSSR count). The topological polar surface area (TPSA) is 38.4 Å². The fourth-order valence-corrected chi connectivity index (χ4v) is 0.343. The lowest BCUT2D eigenvalue weighted by Crippen LogP contribution is -1.84. The lowest BCUT2D eigenvalue weighted by molar-refractivity contribution is 1.16. The zero-order valence-electron chi connectivity index (χ0n) is 6.17. The van der Waals surface area contributed by atoms with Crippen LogP contribution in [0.5, 0.6) is 0 Å². The Kier molecular flexibility index (Phi) is 5.12. The molecule has 2 heteroatoms. The van der Waals surface area contributed by atoms with Gasteiger partial charge in [-0.3, -0.25) is 0 Å². The molecule has 2 N–H and O–H groups in total. The molecule has 0 aliphatic rings. The second-order valence-electron chi connectivity index (χ2n) is 1.75. The van der Waals surface area contributed by atoms with Gasteiger partial charge in [0.2, 0.25) is 0 Å². The minimum Gasteiger partial charge on any atom is -0.390 e. The van der Waals surface area contributed by atoms with Crippen LogP contribution in [0.15, 0.2) is 35.2 Å². The van der Waals surface area contributed by atoms with Crippen molar-refractivity contribution in [2.45, 2.75) is 13.3 Å². The second-order valence-corrected chi connectivity index (χ2v) is 1.75. The van der Waals surface area contributed by atoms with Gasteiger partial charge in [-0.05, 0) is 18.1 Å². The summed E-state index contributed by atoms with van der Waals surface area (Å²) in [7, 11) is 0. The van der Waals surface area contributed by atoms with Crippen molar-refractivity contribution < 1.29 is 0 Å². The third kappa shape index (κ3) is 4.88. The summed E-state index contributed by atoms with van der Waals surface area (Å²) in [5.74, 6) is 0. The quantitative estimate of drug-likeness (QED) is 0.272. The van der Waals surface area contributed by atoms with Gasteiger partial charge in [-0.2, -0.15) is 0 Å². The van der Waals surface area contributed by atoms with E-state index >= 15 is 0 Å². The smallest absolute Gasteiger partial charge is 0.0860 e. The number of aliphatic imine (C=N–C) groups is 1. The first-order chi connectivity index (χ1) is 4.81. The van der Waals surface area contributed by atoms with Crippen LogP contribution in [0.4, 0.5) is 0 Å². The Morgan fingerprint density at radius 1 is 1.80 bits per heavy atom. The molecule has 0 heterocycles. The summed E-state index contributed by atoms with van der Waals surface area (Å²) in [6, 6.07) is 0. The van der Waals surface area contributed by atoms with E-state index in [1.807, 2.05) is 6.92 Å². The molecule has 0 fully saturated rings. The second kappa shape index (κ2) is 5.86. The third-order valence-corrected chi connectivity index (χ3v) is 0.977. The summed E-state index contributed by atoms with van der Waals surface area (Å²) < 4.78 is 0. The summed E-state index contributed by atoms with van der Waals surface area (Å²) >= 11 is 0. The number of rotatable bonds is 3. The van der Waals surface area contributed by atoms with Crippen LogP contribution >= 0.6 is 0 Å². The number of nitrogens with zero attached hydrogens (tertiary/aromatic N) is 1. The van der Waals surface area contributed by atoms with Gasteiger partial charge in [0.25, 0.3) is 0 Å². The maximum atomic E-state index is 4.98. The maximum absolute atomic E-state index is 4.98. The van der Waals surface area contributed by atoms with E-state index in [1.54, 1.807) is 6.08 Å². The number of allylic oxidation sites excluding steroid dienone is 2. The van der Waals surface area contributed by atoms with E-state index in [0.717, 1.165) is 12.0 Å². The molecule has 0 radical (unpaired) electrons. The van der Waals surface area contributed by atoms with Crippen molar-refractivity contribution in [3.8, 4) is 0 Å². The Morgan fingerprint density at radius 3 is 3.00 bits per heavy atom. The molecule has 0 aromatic rings. The molecule has 0 aliphatic heterocycles. The van der Waals surface area contributed by atoms with Crippen LogP contribution in [0.2, 0.25) is 0 Å². The van der Waals surface area contributed by atoms with E-state index < -0.39 is 0 Å². The zero-order valence-corrected chi connectivity index (χ0v) is 6.17. The summed E-state index contributed by atoms with van der Waals surface area (Å²) in [4.78, 5) is 3.62. The Balaban J connectivity index is 3.85. The molecule has 0 aromatic carbocycles. The van der Waals surface area contributed by atoms with Gasteiger partial charge in [-0.15, -0.1) is 5.73 Å². The highest BCUT2D eigenvalue weighted by atomic mass is 14.8. The summed E-state index contributed by atoms with van der Waals surface area (Å²) in [6.45, 7) is 5.78. The van der Waals surface area contributed by atoms with Crippen LogP contribution in [0.25, 0.3) is 0 Å². The van der Waals surface area contributed by atoms with Crippen LogP contribution < -0.4 is 5.73 Å². The first kappa shape index (κ1) is 8.73. The first-order valence-electron chi connectivity index (χ1n) is 3.13. The Hall–Kier alpha value is -1.27. The summed E-state index contributed by atoms with van der Waals surface area (Å²) in [6.07, 6.45) is 5.44. The molecule has 0 aliphatic carbocycles. The van der Waals surface area contributed by atoms with E-state index in [4.69, 9.17) is 5.73 Å². The van der Waals surface area contributed by atoms with Crippen LogP contribution in [0.1, 0.15) is 13.3 Å². The van der Waals surface area contributed by atoms with Gasteiger partial charge in [0.1, 0.15) is 0 Å². The van der Waals surface area contributed by atoms with E-state index in [9.17, 15) is 0 Å². The van der Waals surface area contributed by atoms with Gasteiger partial charge < -0.3 is 5.73 Å². The highest BCUT2D eigenvalue weighted by Crippen LogP contribution is 1.95. The molecule has 0 saturated carbocycles. The molecular weight excluding hydrogens is 124 g/mol. The average Bonchev–Trinajstić information content (AvgIpc) is 1.98. The number of hydrogen-bond acceptors (Lipinski definition) is 1. The Bertz CT molecular complexity index is 183. The first-order valence-corrected chi connectivity index (χ1v) is 3.13. The van der Waals surface area contributed by atoms with E-state index in [-0.39, 0.29) is 0 Å². The normalized spacial score (nSPS) is 8.90. The van der Waals surface area contributed by atoms with Crippen molar-refractivity contribution in [3.63, 3.8) is 0 Å². The highest BCUT2D eigenvalue weighted by molar-refractivity contribution is 5.52. The fourth-order valence-electron chi connectivity index (χ4n) is 0.343. The van der Waals surface area contributed by atoms with Crippen LogP contribution in [0.3, 0.4) is 0 Å². The van der Waals surface area contributed by atoms with E-state index in [0.29, 0.717) is 0 Å². The standard InChI is InChI=1S/C8H12N2/c1-3-8(2)5-4-6-10-7-9/h5-7H,2-3H2,1H3,(H2,9,10). The van der Waals surface area contributed by atoms with Crippen molar-refractivity contribution >= 4 is 6.34 Å². The van der Waals surface area contributed by atoms with Gasteiger partial charge in [0.05, 0.1) is 12.5 Å². The van der Waals surface area contributed by atoms with Gasteiger partial charge >= 0.3 is 0 Å². The molecule has 54 valence electrons. The molecule has 0 aromatic heterocycles. The largest absolute Gasteiger partial charge is 0.390 e. The fraction of sp³-hybridized carbons (Fsp3) is 0.250. The van der Waals surface area contributed by atoms with Crippen LogP contribution in [-0.2, 0) is 0 Å². The van der Waals surface area contributed by atoms with Gasteiger partial charge in [0.15, 0.2) is 0 Å². The highest BCUT2D eigenvalue weighted by Gasteiger charge is 1.75. The van der Waals surface area contributed by atoms with Crippen molar-refractivity contribution in [2.75, 3.05) is 0 Å². The lowest BCUT2D eigenvalue weighted by Gasteiger charge is -1.84. The molecule has 0 atom stereocenters. The number of nitrogens with two attached hydrogens (primary N) is 1. The van der Waals surface area contributed by atoms with Crippen LogP contribution in [-0.4, -0.2) is 6.34 Å². The molecule has 0 spiro atoms. The zero-order chi connectivity index (χ0) is 7.82. The molecule has 0 bridgehead atoms. The minimum absolute atomic E-state index is 0.938. The summed E-state index contributed by atoms with van der Waals surface area (Å²) in [5.41, 5.74) is 8.82.